The van der Waals surface area contributed by atoms with Gasteiger partial charge in [-0.3, -0.25) is 4.57 Å². The molecule has 3 aromatic rings. The van der Waals surface area contributed by atoms with Gasteiger partial charge < -0.3 is 30.2 Å². The molecule has 0 aromatic carbocycles. The summed E-state index contributed by atoms with van der Waals surface area (Å²) >= 11 is 0. The molecule has 0 spiro atoms. The molecule has 0 saturated carbocycles. The van der Waals surface area contributed by atoms with Crippen LogP contribution in [0.1, 0.15) is 25.3 Å². The van der Waals surface area contributed by atoms with Crippen molar-refractivity contribution >= 4 is 17.0 Å². The van der Waals surface area contributed by atoms with Gasteiger partial charge in [0.15, 0.2) is 11.5 Å². The first-order valence-electron chi connectivity index (χ1n) is 10.7. The summed E-state index contributed by atoms with van der Waals surface area (Å²) in [5, 5.41) is 3.41. The van der Waals surface area contributed by atoms with Crippen molar-refractivity contribution in [2.45, 2.75) is 32.4 Å². The molecule has 0 bridgehead atoms. The number of aromatic nitrogens is 5. The van der Waals surface area contributed by atoms with E-state index in [0.29, 0.717) is 29.6 Å². The Bertz CT molecular complexity index is 1090. The van der Waals surface area contributed by atoms with Gasteiger partial charge in [0.1, 0.15) is 18.2 Å². The Labute approximate surface area is 185 Å². The van der Waals surface area contributed by atoms with Gasteiger partial charge in [-0.15, -0.1) is 0 Å². The predicted molar refractivity (Wildman–Crippen MR) is 119 cm³/mol. The second-order valence-corrected chi connectivity index (χ2v) is 7.88. The molecule has 32 heavy (non-hydrogen) atoms. The van der Waals surface area contributed by atoms with Crippen molar-refractivity contribution < 1.29 is 14.2 Å². The fourth-order valence-corrected chi connectivity index (χ4v) is 3.78. The number of anilines is 1. The fraction of sp³-hybridized carbons (Fsp3) is 0.524. The fourth-order valence-electron chi connectivity index (χ4n) is 3.78. The summed E-state index contributed by atoms with van der Waals surface area (Å²) in [6.45, 7) is 5.04. The lowest BCUT2D eigenvalue weighted by atomic mass is 9.95. The van der Waals surface area contributed by atoms with Crippen molar-refractivity contribution in [3.63, 3.8) is 0 Å². The molecule has 4 heterocycles. The van der Waals surface area contributed by atoms with Gasteiger partial charge in [-0.25, -0.2) is 9.78 Å². The largest absolute Gasteiger partial charge is 0.474 e. The van der Waals surface area contributed by atoms with Gasteiger partial charge in [-0.05, 0) is 31.9 Å². The number of aromatic amines is 1. The van der Waals surface area contributed by atoms with Crippen LogP contribution in [0.25, 0.3) is 11.2 Å². The van der Waals surface area contributed by atoms with Crippen LogP contribution >= 0.6 is 0 Å². The highest BCUT2D eigenvalue weighted by molar-refractivity contribution is 5.81. The second-order valence-electron chi connectivity index (χ2n) is 7.88. The zero-order valence-corrected chi connectivity index (χ0v) is 18.3. The third-order valence-corrected chi connectivity index (χ3v) is 5.59. The standard InChI is InChI=1S/C21H29N7O4/c1-13(15-4-3-7-23-11-15)32-16-6-5-14(10-24-16)12-28-19-17(25-21(28)29)18(22)26-20(27-19)31-9-8-30-2/h5-6,10,13,15,23H,3-4,7-9,11-12H2,1-2H3,(H,25,29)(H2,22,26,27). The summed E-state index contributed by atoms with van der Waals surface area (Å²) < 4.78 is 17.9. The monoisotopic (exact) mass is 443 g/mol. The first-order chi connectivity index (χ1) is 15.5. The molecule has 11 nitrogen and oxygen atoms in total. The van der Waals surface area contributed by atoms with Crippen molar-refractivity contribution in [3.8, 4) is 11.9 Å². The molecule has 2 atom stereocenters. The number of nitrogen functional groups attached to an aromatic ring is 1. The average molecular weight is 444 g/mol. The number of fused-ring (bicyclic) bond motifs is 1. The van der Waals surface area contributed by atoms with Gasteiger partial charge in [-0.1, -0.05) is 6.07 Å². The molecular weight excluding hydrogens is 414 g/mol. The van der Waals surface area contributed by atoms with Crippen molar-refractivity contribution in [2.24, 2.45) is 5.92 Å². The SMILES string of the molecule is COCCOc1nc(N)c2[nH]c(=O)n(Cc3ccc(OC(C)C4CCCNC4)nc3)c2n1. The topological polar surface area (TPSA) is 142 Å². The summed E-state index contributed by atoms with van der Waals surface area (Å²) in [5.41, 5.74) is 7.21. The third kappa shape index (κ3) is 5.00. The van der Waals surface area contributed by atoms with Crippen LogP contribution in [0, 0.1) is 5.92 Å². The highest BCUT2D eigenvalue weighted by atomic mass is 16.5. The Hall–Kier alpha value is -3.18. The Morgan fingerprint density at radius 3 is 2.91 bits per heavy atom. The van der Waals surface area contributed by atoms with Gasteiger partial charge in [0.25, 0.3) is 0 Å². The number of rotatable bonds is 9. The predicted octanol–water partition coefficient (Wildman–Crippen LogP) is 0.937. The first-order valence-corrected chi connectivity index (χ1v) is 10.7. The summed E-state index contributed by atoms with van der Waals surface area (Å²) in [6, 6.07) is 3.80. The molecule has 3 aromatic heterocycles. The molecule has 0 radical (unpaired) electrons. The number of nitrogens with one attached hydrogen (secondary N) is 2. The lowest BCUT2D eigenvalue weighted by Gasteiger charge is -2.28. The number of piperidine rings is 1. The lowest BCUT2D eigenvalue weighted by Crippen LogP contribution is -2.38. The third-order valence-electron chi connectivity index (χ3n) is 5.59. The Balaban J connectivity index is 1.48. The number of H-pyrrole nitrogens is 1. The van der Waals surface area contributed by atoms with Crippen LogP contribution in [0.15, 0.2) is 23.1 Å². The number of hydrogen-bond acceptors (Lipinski definition) is 9. The summed E-state index contributed by atoms with van der Waals surface area (Å²) in [4.78, 5) is 28.1. The molecule has 4 N–H and O–H groups in total. The molecule has 1 saturated heterocycles. The van der Waals surface area contributed by atoms with Gasteiger partial charge in [-0.2, -0.15) is 9.97 Å². The summed E-state index contributed by atoms with van der Waals surface area (Å²) in [7, 11) is 1.57. The Kier molecular flexibility index (Phi) is 6.86. The molecule has 172 valence electrons. The van der Waals surface area contributed by atoms with Crippen molar-refractivity contribution in [3.05, 3.63) is 34.4 Å². The van der Waals surface area contributed by atoms with E-state index in [1.54, 1.807) is 13.3 Å². The minimum atomic E-state index is -0.339. The number of hydrogen-bond donors (Lipinski definition) is 3. The normalized spacial score (nSPS) is 17.4. The summed E-state index contributed by atoms with van der Waals surface area (Å²) in [6.07, 6.45) is 4.09. The van der Waals surface area contributed by atoms with E-state index >= 15 is 0 Å². The van der Waals surface area contributed by atoms with E-state index in [1.807, 2.05) is 12.1 Å². The maximum absolute atomic E-state index is 12.5. The average Bonchev–Trinajstić information content (AvgIpc) is 3.11. The Morgan fingerprint density at radius 1 is 1.31 bits per heavy atom. The number of pyridine rings is 1. The van der Waals surface area contributed by atoms with E-state index in [2.05, 4.69) is 32.2 Å². The van der Waals surface area contributed by atoms with Crippen LogP contribution in [-0.4, -0.2) is 64.0 Å². The van der Waals surface area contributed by atoms with Crippen LogP contribution in [0.5, 0.6) is 11.9 Å². The van der Waals surface area contributed by atoms with E-state index in [-0.39, 0.29) is 36.8 Å². The minimum Gasteiger partial charge on any atom is -0.474 e. The van der Waals surface area contributed by atoms with Gasteiger partial charge in [0.05, 0.1) is 13.2 Å². The number of nitrogens with zero attached hydrogens (tertiary/aromatic N) is 4. The van der Waals surface area contributed by atoms with Crippen LogP contribution < -0.4 is 26.2 Å². The van der Waals surface area contributed by atoms with E-state index in [1.165, 1.54) is 4.57 Å². The van der Waals surface area contributed by atoms with Gasteiger partial charge >= 0.3 is 11.7 Å². The number of imidazole rings is 1. The van der Waals surface area contributed by atoms with E-state index in [4.69, 9.17) is 19.9 Å². The zero-order chi connectivity index (χ0) is 22.5. The van der Waals surface area contributed by atoms with E-state index < -0.39 is 0 Å². The molecule has 1 aliphatic rings. The molecule has 0 amide bonds. The van der Waals surface area contributed by atoms with Crippen LogP contribution in [0.3, 0.4) is 0 Å². The summed E-state index contributed by atoms with van der Waals surface area (Å²) in [5.74, 6) is 1.19. The van der Waals surface area contributed by atoms with Crippen molar-refractivity contribution in [1.29, 1.82) is 0 Å². The molecule has 2 unspecified atom stereocenters. The van der Waals surface area contributed by atoms with Crippen LogP contribution in [-0.2, 0) is 11.3 Å². The first kappa shape index (κ1) is 22.0. The molecular formula is C21H29N7O4. The molecule has 0 aliphatic carbocycles. The molecule has 11 heteroatoms. The lowest BCUT2D eigenvalue weighted by molar-refractivity contribution is 0.126. The van der Waals surface area contributed by atoms with E-state index in [9.17, 15) is 4.79 Å². The maximum atomic E-state index is 12.5. The van der Waals surface area contributed by atoms with E-state index in [0.717, 1.165) is 31.5 Å². The highest BCUT2D eigenvalue weighted by Crippen LogP contribution is 2.21. The highest BCUT2D eigenvalue weighted by Gasteiger charge is 2.21. The zero-order valence-electron chi connectivity index (χ0n) is 18.3. The van der Waals surface area contributed by atoms with Gasteiger partial charge in [0, 0.05) is 31.8 Å². The molecule has 1 fully saturated rings. The molecule has 4 rings (SSSR count). The Morgan fingerprint density at radius 2 is 2.19 bits per heavy atom. The number of ether oxygens (including phenoxy) is 3. The van der Waals surface area contributed by atoms with Crippen LogP contribution in [0.2, 0.25) is 0 Å². The number of nitrogens with two attached hydrogens (primary N) is 1. The quantitative estimate of drug-likeness (QED) is 0.412. The smallest absolute Gasteiger partial charge is 0.328 e. The van der Waals surface area contributed by atoms with Crippen molar-refractivity contribution in [1.82, 2.24) is 29.8 Å². The van der Waals surface area contributed by atoms with Gasteiger partial charge in [0.2, 0.25) is 5.88 Å². The molecule has 1 aliphatic heterocycles. The second kappa shape index (κ2) is 9.96. The van der Waals surface area contributed by atoms with Crippen LogP contribution in [0.4, 0.5) is 5.82 Å². The number of methoxy groups -OCH3 is 1. The maximum Gasteiger partial charge on any atom is 0.328 e. The van der Waals surface area contributed by atoms with Crippen molar-refractivity contribution in [2.75, 3.05) is 39.1 Å². The minimum absolute atomic E-state index is 0.0774.